The molecule has 0 bridgehead atoms. The van der Waals surface area contributed by atoms with Crippen LogP contribution in [0.5, 0.6) is 0 Å². The summed E-state index contributed by atoms with van der Waals surface area (Å²) in [5.74, 6) is 0.788. The summed E-state index contributed by atoms with van der Waals surface area (Å²) in [5.41, 5.74) is 1.70. The number of amides is 1. The highest BCUT2D eigenvalue weighted by atomic mass is 16.2. The van der Waals surface area contributed by atoms with Gasteiger partial charge in [-0.3, -0.25) is 4.79 Å². The molecule has 1 atom stereocenters. The van der Waals surface area contributed by atoms with E-state index in [1.165, 1.54) is 44.1 Å². The largest absolute Gasteiger partial charge is 0.339 e. The van der Waals surface area contributed by atoms with Crippen molar-refractivity contribution in [2.24, 2.45) is 11.3 Å². The second kappa shape index (κ2) is 6.87. The monoisotopic (exact) mass is 326 g/mol. The minimum atomic E-state index is 0.316. The first-order valence-electron chi connectivity index (χ1n) is 9.84. The van der Waals surface area contributed by atoms with Crippen molar-refractivity contribution < 1.29 is 4.79 Å². The van der Waals surface area contributed by atoms with E-state index < -0.39 is 0 Å². The van der Waals surface area contributed by atoms with Crippen LogP contribution in [0.2, 0.25) is 0 Å². The maximum Gasteiger partial charge on any atom is 0.226 e. The number of rotatable bonds is 5. The minimum absolute atomic E-state index is 0.316. The van der Waals surface area contributed by atoms with Gasteiger partial charge in [0.2, 0.25) is 5.91 Å². The molecular formula is C21H30N2O. The van der Waals surface area contributed by atoms with Crippen LogP contribution in [-0.2, 0) is 11.2 Å². The van der Waals surface area contributed by atoms with Crippen molar-refractivity contribution in [1.29, 1.82) is 0 Å². The third-order valence-electron chi connectivity index (χ3n) is 6.62. The average molecular weight is 326 g/mol. The van der Waals surface area contributed by atoms with Gasteiger partial charge in [-0.2, -0.15) is 0 Å². The SMILES string of the molecule is O=C(C1CC12CCNCC2)N(CCc1ccccc1)C1CCCC1. The van der Waals surface area contributed by atoms with Gasteiger partial charge >= 0.3 is 0 Å². The topological polar surface area (TPSA) is 32.3 Å². The summed E-state index contributed by atoms with van der Waals surface area (Å²) in [6.07, 6.45) is 9.52. The normalized spacial score (nSPS) is 25.8. The van der Waals surface area contributed by atoms with Gasteiger partial charge in [0.25, 0.3) is 0 Å². The lowest BCUT2D eigenvalue weighted by Crippen LogP contribution is -2.43. The second-order valence-electron chi connectivity index (χ2n) is 8.07. The predicted octanol–water partition coefficient (Wildman–Crippen LogP) is 3.39. The van der Waals surface area contributed by atoms with E-state index in [-0.39, 0.29) is 0 Å². The van der Waals surface area contributed by atoms with Gasteiger partial charge in [0.15, 0.2) is 0 Å². The molecule has 1 aromatic carbocycles. The summed E-state index contributed by atoms with van der Waals surface area (Å²) in [6, 6.07) is 11.1. The molecule has 1 heterocycles. The first kappa shape index (κ1) is 16.1. The molecule has 130 valence electrons. The van der Waals surface area contributed by atoms with Gasteiger partial charge in [0, 0.05) is 18.5 Å². The number of hydrogen-bond acceptors (Lipinski definition) is 2. The summed E-state index contributed by atoms with van der Waals surface area (Å²) < 4.78 is 0. The van der Waals surface area contributed by atoms with Crippen molar-refractivity contribution in [3.63, 3.8) is 0 Å². The fraction of sp³-hybridized carbons (Fsp3) is 0.667. The molecule has 1 amide bonds. The first-order valence-corrected chi connectivity index (χ1v) is 9.84. The zero-order chi connectivity index (χ0) is 16.4. The zero-order valence-electron chi connectivity index (χ0n) is 14.7. The molecule has 3 nitrogen and oxygen atoms in total. The van der Waals surface area contributed by atoms with Crippen molar-refractivity contribution in [3.8, 4) is 0 Å². The predicted molar refractivity (Wildman–Crippen MR) is 96.8 cm³/mol. The molecule has 3 aliphatic rings. The highest BCUT2D eigenvalue weighted by Gasteiger charge is 2.58. The molecule has 1 unspecified atom stereocenters. The third-order valence-corrected chi connectivity index (χ3v) is 6.62. The summed E-state index contributed by atoms with van der Waals surface area (Å²) >= 11 is 0. The Balaban J connectivity index is 1.43. The molecule has 1 N–H and O–H groups in total. The summed E-state index contributed by atoms with van der Waals surface area (Å²) in [7, 11) is 0. The third kappa shape index (κ3) is 3.23. The lowest BCUT2D eigenvalue weighted by atomic mass is 9.91. The molecule has 0 radical (unpaired) electrons. The number of piperidine rings is 1. The van der Waals surface area contributed by atoms with Crippen LogP contribution in [0, 0.1) is 11.3 Å². The van der Waals surface area contributed by atoms with Crippen LogP contribution < -0.4 is 5.32 Å². The van der Waals surface area contributed by atoms with Gasteiger partial charge < -0.3 is 10.2 Å². The first-order chi connectivity index (χ1) is 11.8. The maximum atomic E-state index is 13.3. The number of nitrogens with zero attached hydrogens (tertiary/aromatic N) is 1. The smallest absolute Gasteiger partial charge is 0.226 e. The van der Waals surface area contributed by atoms with Gasteiger partial charge in [0.05, 0.1) is 0 Å². The molecule has 3 heteroatoms. The van der Waals surface area contributed by atoms with Crippen LogP contribution in [0.15, 0.2) is 30.3 Å². The molecule has 0 aromatic heterocycles. The van der Waals surface area contributed by atoms with Crippen LogP contribution in [0.4, 0.5) is 0 Å². The quantitative estimate of drug-likeness (QED) is 0.899. The Hall–Kier alpha value is -1.35. The molecule has 3 fully saturated rings. The number of benzene rings is 1. The number of nitrogens with one attached hydrogen (secondary N) is 1. The van der Waals surface area contributed by atoms with E-state index in [2.05, 4.69) is 40.5 Å². The van der Waals surface area contributed by atoms with Crippen molar-refractivity contribution in [3.05, 3.63) is 35.9 Å². The second-order valence-corrected chi connectivity index (χ2v) is 8.07. The van der Waals surface area contributed by atoms with Gasteiger partial charge in [0.1, 0.15) is 0 Å². The average Bonchev–Trinajstić information content (AvgIpc) is 3.06. The molecule has 4 rings (SSSR count). The van der Waals surface area contributed by atoms with Crippen LogP contribution in [0.25, 0.3) is 0 Å². The van der Waals surface area contributed by atoms with E-state index in [1.54, 1.807) is 0 Å². The molecule has 2 aliphatic carbocycles. The Morgan fingerprint density at radius 2 is 1.83 bits per heavy atom. The Labute approximate surface area is 145 Å². The van der Waals surface area contributed by atoms with Crippen molar-refractivity contribution >= 4 is 5.91 Å². The van der Waals surface area contributed by atoms with Gasteiger partial charge in [-0.1, -0.05) is 43.2 Å². The summed E-state index contributed by atoms with van der Waals surface area (Å²) in [6.45, 7) is 3.09. The Morgan fingerprint density at radius 3 is 2.54 bits per heavy atom. The van der Waals surface area contributed by atoms with Crippen molar-refractivity contribution in [2.45, 2.75) is 57.4 Å². The van der Waals surface area contributed by atoms with Gasteiger partial charge in [-0.05, 0) is 62.6 Å². The zero-order valence-corrected chi connectivity index (χ0v) is 14.7. The standard InChI is InChI=1S/C21H30N2O/c24-20(19-16-21(19)11-13-22-14-12-21)23(18-8-4-5-9-18)15-10-17-6-2-1-3-7-17/h1-3,6-7,18-19,22H,4-5,8-16H2. The van der Waals surface area contributed by atoms with Gasteiger partial charge in [-0.15, -0.1) is 0 Å². The van der Waals surface area contributed by atoms with E-state index in [9.17, 15) is 4.79 Å². The molecule has 24 heavy (non-hydrogen) atoms. The van der Waals surface area contributed by atoms with Crippen LogP contribution >= 0.6 is 0 Å². The van der Waals surface area contributed by atoms with E-state index in [0.717, 1.165) is 32.5 Å². The fourth-order valence-electron chi connectivity index (χ4n) is 4.96. The van der Waals surface area contributed by atoms with Gasteiger partial charge in [-0.25, -0.2) is 0 Å². The van der Waals surface area contributed by atoms with E-state index in [4.69, 9.17) is 0 Å². The fourth-order valence-corrected chi connectivity index (χ4v) is 4.96. The number of hydrogen-bond donors (Lipinski definition) is 1. The number of carbonyl (C=O) groups excluding carboxylic acids is 1. The highest BCUT2D eigenvalue weighted by molar-refractivity contribution is 5.83. The Morgan fingerprint density at radius 1 is 1.12 bits per heavy atom. The highest BCUT2D eigenvalue weighted by Crippen LogP contribution is 2.59. The molecule has 1 aliphatic heterocycles. The van der Waals surface area contributed by atoms with E-state index in [0.29, 0.717) is 23.3 Å². The summed E-state index contributed by atoms with van der Waals surface area (Å²) in [4.78, 5) is 15.6. The summed E-state index contributed by atoms with van der Waals surface area (Å²) in [5, 5.41) is 3.45. The molecule has 2 saturated carbocycles. The molecular weight excluding hydrogens is 296 g/mol. The van der Waals surface area contributed by atoms with Crippen molar-refractivity contribution in [1.82, 2.24) is 10.2 Å². The van der Waals surface area contributed by atoms with Crippen molar-refractivity contribution in [2.75, 3.05) is 19.6 Å². The molecule has 1 saturated heterocycles. The molecule has 1 spiro atoms. The van der Waals surface area contributed by atoms with E-state index in [1.807, 2.05) is 0 Å². The van der Waals surface area contributed by atoms with E-state index >= 15 is 0 Å². The molecule has 1 aromatic rings. The minimum Gasteiger partial charge on any atom is -0.339 e. The lowest BCUT2D eigenvalue weighted by Gasteiger charge is -2.31. The lowest BCUT2D eigenvalue weighted by molar-refractivity contribution is -0.135. The Kier molecular flexibility index (Phi) is 4.62. The van der Waals surface area contributed by atoms with Crippen LogP contribution in [-0.4, -0.2) is 36.5 Å². The Bertz CT molecular complexity index is 558. The maximum absolute atomic E-state index is 13.3. The number of carbonyl (C=O) groups is 1. The van der Waals surface area contributed by atoms with Crippen LogP contribution in [0.3, 0.4) is 0 Å². The van der Waals surface area contributed by atoms with Crippen LogP contribution in [0.1, 0.15) is 50.5 Å².